The van der Waals surface area contributed by atoms with Gasteiger partial charge in [-0.05, 0) is 13.0 Å². The average molecular weight is 152 g/mol. The first-order chi connectivity index (χ1) is 5.29. The highest BCUT2D eigenvalue weighted by Gasteiger charge is 1.97. The monoisotopic (exact) mass is 152 g/mol. The number of aryl methyl sites for hydroxylation is 1. The Morgan fingerprint density at radius 1 is 1.64 bits per heavy atom. The normalized spacial score (nSPS) is 10.0. The Morgan fingerprint density at radius 3 is 2.91 bits per heavy atom. The van der Waals surface area contributed by atoms with E-state index < -0.39 is 0 Å². The van der Waals surface area contributed by atoms with E-state index in [2.05, 4.69) is 0 Å². The molecule has 0 saturated carbocycles. The molecule has 0 radical (unpaired) electrons. The lowest BCUT2D eigenvalue weighted by Crippen LogP contribution is -2.23. The second kappa shape index (κ2) is 3.34. The van der Waals surface area contributed by atoms with E-state index in [0.717, 1.165) is 0 Å². The maximum atomic E-state index is 11.3. The van der Waals surface area contributed by atoms with Gasteiger partial charge >= 0.3 is 0 Å². The van der Waals surface area contributed by atoms with Crippen LogP contribution in [0.2, 0.25) is 0 Å². The number of hydrogen-bond acceptors (Lipinski definition) is 2. The molecule has 0 atom stereocenters. The Kier molecular flexibility index (Phi) is 2.44. The number of pyridine rings is 1. The smallest absolute Gasteiger partial charge is 0.255 e. The number of hydrogen-bond donors (Lipinski definition) is 1. The number of aromatic nitrogens is 1. The first kappa shape index (κ1) is 8.01. The highest BCUT2D eigenvalue weighted by atomic mass is 16.1. The van der Waals surface area contributed by atoms with E-state index in [-0.39, 0.29) is 5.56 Å². The van der Waals surface area contributed by atoms with E-state index in [9.17, 15) is 4.79 Å². The summed E-state index contributed by atoms with van der Waals surface area (Å²) < 4.78 is 1.64. The highest BCUT2D eigenvalue weighted by molar-refractivity contribution is 5.09. The van der Waals surface area contributed by atoms with Crippen molar-refractivity contribution in [1.29, 1.82) is 0 Å². The third kappa shape index (κ3) is 1.49. The molecule has 0 unspecified atom stereocenters. The predicted octanol–water partition coefficient (Wildman–Crippen LogP) is 0.327. The molecule has 0 aliphatic carbocycles. The van der Waals surface area contributed by atoms with Crippen LogP contribution < -0.4 is 11.3 Å². The van der Waals surface area contributed by atoms with Gasteiger partial charge in [0, 0.05) is 24.8 Å². The fourth-order valence-electron chi connectivity index (χ4n) is 0.991. The quantitative estimate of drug-likeness (QED) is 0.663. The molecule has 0 amide bonds. The average Bonchev–Trinajstić information content (AvgIpc) is 2.05. The van der Waals surface area contributed by atoms with Gasteiger partial charge < -0.3 is 10.3 Å². The first-order valence-corrected chi connectivity index (χ1v) is 3.68. The molecule has 0 aromatic carbocycles. The van der Waals surface area contributed by atoms with Crippen LogP contribution >= 0.6 is 0 Å². The van der Waals surface area contributed by atoms with Crippen molar-refractivity contribution in [3.8, 4) is 0 Å². The van der Waals surface area contributed by atoms with Crippen LogP contribution in [-0.2, 0) is 13.1 Å². The van der Waals surface area contributed by atoms with Crippen LogP contribution in [-0.4, -0.2) is 4.57 Å². The largest absolute Gasteiger partial charge is 0.326 e. The molecule has 0 aliphatic rings. The van der Waals surface area contributed by atoms with Gasteiger partial charge in [0.2, 0.25) is 0 Å². The van der Waals surface area contributed by atoms with Gasteiger partial charge in [0.1, 0.15) is 0 Å². The van der Waals surface area contributed by atoms with Gasteiger partial charge in [-0.25, -0.2) is 0 Å². The maximum Gasteiger partial charge on any atom is 0.255 e. The first-order valence-electron chi connectivity index (χ1n) is 3.68. The Morgan fingerprint density at radius 2 is 2.36 bits per heavy atom. The van der Waals surface area contributed by atoms with Crippen LogP contribution in [0.4, 0.5) is 0 Å². The summed E-state index contributed by atoms with van der Waals surface area (Å²) in [6.07, 6.45) is 1.77. The van der Waals surface area contributed by atoms with Crippen molar-refractivity contribution in [2.24, 2.45) is 5.73 Å². The van der Waals surface area contributed by atoms with Crippen molar-refractivity contribution in [2.45, 2.75) is 20.0 Å². The molecule has 1 aromatic rings. The summed E-state index contributed by atoms with van der Waals surface area (Å²) in [4.78, 5) is 11.3. The van der Waals surface area contributed by atoms with E-state index in [1.807, 2.05) is 13.0 Å². The molecule has 3 heteroatoms. The predicted molar refractivity (Wildman–Crippen MR) is 44.3 cm³/mol. The Hall–Kier alpha value is -1.09. The minimum Gasteiger partial charge on any atom is -0.326 e. The van der Waals surface area contributed by atoms with Crippen molar-refractivity contribution >= 4 is 0 Å². The van der Waals surface area contributed by atoms with E-state index in [4.69, 9.17) is 5.73 Å². The maximum absolute atomic E-state index is 11.3. The summed E-state index contributed by atoms with van der Waals surface area (Å²) in [6, 6.07) is 3.60. The van der Waals surface area contributed by atoms with Gasteiger partial charge in [-0.1, -0.05) is 6.07 Å². The minimum absolute atomic E-state index is 0.0255. The van der Waals surface area contributed by atoms with Crippen molar-refractivity contribution in [2.75, 3.05) is 0 Å². The Bertz CT molecular complexity index is 265. The topological polar surface area (TPSA) is 48.0 Å². The zero-order valence-corrected chi connectivity index (χ0v) is 6.58. The SMILES string of the molecule is CCn1cccc(CN)c1=O. The minimum atomic E-state index is 0.0255. The molecule has 2 N–H and O–H groups in total. The molecule has 0 aliphatic heterocycles. The van der Waals surface area contributed by atoms with Gasteiger partial charge in [0.05, 0.1) is 0 Å². The molecule has 60 valence electrons. The van der Waals surface area contributed by atoms with E-state index in [1.165, 1.54) is 0 Å². The molecule has 0 spiro atoms. The van der Waals surface area contributed by atoms with Gasteiger partial charge in [-0.2, -0.15) is 0 Å². The molecule has 1 rings (SSSR count). The summed E-state index contributed by atoms with van der Waals surface area (Å²) in [5.41, 5.74) is 6.06. The van der Waals surface area contributed by atoms with E-state index in [1.54, 1.807) is 16.8 Å². The summed E-state index contributed by atoms with van der Waals surface area (Å²) in [5, 5.41) is 0. The van der Waals surface area contributed by atoms with Crippen LogP contribution in [0.1, 0.15) is 12.5 Å². The third-order valence-corrected chi connectivity index (χ3v) is 1.66. The number of nitrogens with two attached hydrogens (primary N) is 1. The van der Waals surface area contributed by atoms with Crippen LogP contribution in [0.5, 0.6) is 0 Å². The zero-order chi connectivity index (χ0) is 8.27. The molecular formula is C8H12N2O. The van der Waals surface area contributed by atoms with E-state index >= 15 is 0 Å². The highest BCUT2D eigenvalue weighted by Crippen LogP contribution is 1.89. The van der Waals surface area contributed by atoms with Crippen molar-refractivity contribution in [3.63, 3.8) is 0 Å². The lowest BCUT2D eigenvalue weighted by atomic mass is 10.3. The summed E-state index contributed by atoms with van der Waals surface area (Å²) >= 11 is 0. The second-order valence-electron chi connectivity index (χ2n) is 2.33. The van der Waals surface area contributed by atoms with Crippen LogP contribution in [0, 0.1) is 0 Å². The summed E-state index contributed by atoms with van der Waals surface area (Å²) in [7, 11) is 0. The van der Waals surface area contributed by atoms with Gasteiger partial charge in [-0.3, -0.25) is 4.79 Å². The van der Waals surface area contributed by atoms with Crippen LogP contribution in [0.25, 0.3) is 0 Å². The summed E-state index contributed by atoms with van der Waals surface area (Å²) in [6.45, 7) is 2.95. The van der Waals surface area contributed by atoms with Crippen molar-refractivity contribution in [1.82, 2.24) is 4.57 Å². The summed E-state index contributed by atoms with van der Waals surface area (Å²) in [5.74, 6) is 0. The van der Waals surface area contributed by atoms with Crippen molar-refractivity contribution in [3.05, 3.63) is 34.2 Å². The number of nitrogens with zero attached hydrogens (tertiary/aromatic N) is 1. The molecule has 11 heavy (non-hydrogen) atoms. The lowest BCUT2D eigenvalue weighted by molar-refractivity contribution is 0.714. The van der Waals surface area contributed by atoms with Gasteiger partial charge in [0.15, 0.2) is 0 Å². The molecule has 1 aromatic heterocycles. The Balaban J connectivity index is 3.21. The molecule has 0 fully saturated rings. The Labute approximate surface area is 65.5 Å². The number of rotatable bonds is 2. The van der Waals surface area contributed by atoms with E-state index in [0.29, 0.717) is 18.7 Å². The van der Waals surface area contributed by atoms with Crippen molar-refractivity contribution < 1.29 is 0 Å². The molecular weight excluding hydrogens is 140 g/mol. The zero-order valence-electron chi connectivity index (χ0n) is 6.58. The lowest BCUT2D eigenvalue weighted by Gasteiger charge is -2.02. The fraction of sp³-hybridized carbons (Fsp3) is 0.375. The standard InChI is InChI=1S/C8H12N2O/c1-2-10-5-3-4-7(6-9)8(10)11/h3-5H,2,6,9H2,1H3. The third-order valence-electron chi connectivity index (χ3n) is 1.66. The van der Waals surface area contributed by atoms with Crippen LogP contribution in [0.3, 0.4) is 0 Å². The van der Waals surface area contributed by atoms with Gasteiger partial charge in [-0.15, -0.1) is 0 Å². The van der Waals surface area contributed by atoms with Crippen LogP contribution in [0.15, 0.2) is 23.1 Å². The molecule has 0 bridgehead atoms. The molecule has 0 saturated heterocycles. The molecule has 1 heterocycles. The molecule has 3 nitrogen and oxygen atoms in total. The fourth-order valence-corrected chi connectivity index (χ4v) is 0.991. The van der Waals surface area contributed by atoms with Gasteiger partial charge in [0.25, 0.3) is 5.56 Å². The second-order valence-corrected chi connectivity index (χ2v) is 2.33.